The highest BCUT2D eigenvalue weighted by Gasteiger charge is 2.34. The molecular weight excluding hydrogens is 366 g/mol. The number of non-ortho nitro benzene ring substituents is 1. The van der Waals surface area contributed by atoms with E-state index in [2.05, 4.69) is 10.3 Å². The molecule has 0 bridgehead atoms. The fraction of sp³-hybridized carbons (Fsp3) is 0.0526. The summed E-state index contributed by atoms with van der Waals surface area (Å²) in [5, 5.41) is 13.6. The predicted octanol–water partition coefficient (Wildman–Crippen LogP) is 4.45. The standard InChI is InChI=1S/C19H13N3O4S/c23-18-17(27-19(21-18)20-13-6-2-1-3-7-13)16-10-9-15(26-16)12-5-4-8-14(11-12)22(24)25/h1-11,17H,(H,20,21,23)/t17-/m1/s1. The van der Waals surface area contributed by atoms with Crippen LogP contribution in [0.1, 0.15) is 11.0 Å². The zero-order valence-electron chi connectivity index (χ0n) is 13.9. The summed E-state index contributed by atoms with van der Waals surface area (Å²) in [4.78, 5) is 27.2. The number of furan rings is 1. The van der Waals surface area contributed by atoms with E-state index in [1.165, 1.54) is 23.9 Å². The number of carbonyl (C=O) groups excluding carboxylic acids is 1. The number of rotatable bonds is 4. The highest BCUT2D eigenvalue weighted by Crippen LogP contribution is 2.38. The monoisotopic (exact) mass is 379 g/mol. The summed E-state index contributed by atoms with van der Waals surface area (Å²) in [5.74, 6) is 0.724. The Morgan fingerprint density at radius 3 is 2.67 bits per heavy atom. The van der Waals surface area contributed by atoms with Gasteiger partial charge in [-0.05, 0) is 24.3 Å². The molecule has 1 aromatic heterocycles. The van der Waals surface area contributed by atoms with Crippen molar-refractivity contribution in [3.63, 3.8) is 0 Å². The maximum atomic E-state index is 12.3. The molecule has 4 rings (SSSR count). The highest BCUT2D eigenvalue weighted by atomic mass is 32.2. The number of thioether (sulfide) groups is 1. The second-order valence-corrected chi connectivity index (χ2v) is 6.84. The molecule has 0 saturated carbocycles. The second-order valence-electron chi connectivity index (χ2n) is 5.75. The fourth-order valence-corrected chi connectivity index (χ4v) is 3.60. The van der Waals surface area contributed by atoms with E-state index in [0.29, 0.717) is 22.3 Å². The lowest BCUT2D eigenvalue weighted by atomic mass is 10.1. The third kappa shape index (κ3) is 3.61. The molecule has 1 aliphatic rings. The van der Waals surface area contributed by atoms with Gasteiger partial charge in [0.1, 0.15) is 16.8 Å². The van der Waals surface area contributed by atoms with E-state index in [1.807, 2.05) is 30.3 Å². The molecule has 134 valence electrons. The lowest BCUT2D eigenvalue weighted by Gasteiger charge is -2.01. The Morgan fingerprint density at radius 2 is 1.89 bits per heavy atom. The summed E-state index contributed by atoms with van der Waals surface area (Å²) in [6, 6.07) is 18.9. The van der Waals surface area contributed by atoms with Crippen LogP contribution in [0, 0.1) is 10.1 Å². The number of nitro groups is 1. The molecule has 1 N–H and O–H groups in total. The first-order valence-electron chi connectivity index (χ1n) is 8.06. The SMILES string of the molecule is O=C1NC(=Nc2ccccc2)S[C@@H]1c1ccc(-c2cccc([N+](=O)[O-])c2)o1. The van der Waals surface area contributed by atoms with Gasteiger partial charge < -0.3 is 9.73 Å². The van der Waals surface area contributed by atoms with Crippen LogP contribution in [0.15, 0.2) is 76.1 Å². The largest absolute Gasteiger partial charge is 0.459 e. The van der Waals surface area contributed by atoms with Crippen molar-refractivity contribution in [2.24, 2.45) is 4.99 Å². The Balaban J connectivity index is 1.57. The van der Waals surface area contributed by atoms with Crippen LogP contribution in [0.4, 0.5) is 11.4 Å². The zero-order valence-corrected chi connectivity index (χ0v) is 14.7. The average molecular weight is 379 g/mol. The van der Waals surface area contributed by atoms with Gasteiger partial charge in [0, 0.05) is 17.7 Å². The molecule has 0 aliphatic carbocycles. The normalized spacial score (nSPS) is 17.9. The minimum absolute atomic E-state index is 0.0179. The van der Waals surface area contributed by atoms with Crippen LogP contribution in [-0.2, 0) is 4.79 Å². The molecule has 7 nitrogen and oxygen atoms in total. The van der Waals surface area contributed by atoms with Crippen molar-refractivity contribution in [1.29, 1.82) is 0 Å². The molecule has 2 heterocycles. The van der Waals surface area contributed by atoms with Crippen molar-refractivity contribution < 1.29 is 14.1 Å². The average Bonchev–Trinajstić information content (AvgIpc) is 3.29. The van der Waals surface area contributed by atoms with Crippen LogP contribution in [0.25, 0.3) is 11.3 Å². The van der Waals surface area contributed by atoms with Gasteiger partial charge in [-0.15, -0.1) is 0 Å². The molecular formula is C19H13N3O4S. The molecule has 1 aliphatic heterocycles. The number of nitro benzene ring substituents is 1. The van der Waals surface area contributed by atoms with Gasteiger partial charge in [-0.2, -0.15) is 0 Å². The first kappa shape index (κ1) is 17.0. The van der Waals surface area contributed by atoms with Crippen LogP contribution >= 0.6 is 11.8 Å². The van der Waals surface area contributed by atoms with Crippen LogP contribution in [0.3, 0.4) is 0 Å². The van der Waals surface area contributed by atoms with Gasteiger partial charge in [0.25, 0.3) is 5.69 Å². The van der Waals surface area contributed by atoms with Gasteiger partial charge in [0.15, 0.2) is 5.17 Å². The summed E-state index contributed by atoms with van der Waals surface area (Å²) in [7, 11) is 0. The third-order valence-corrected chi connectivity index (χ3v) is 5.01. The van der Waals surface area contributed by atoms with E-state index in [9.17, 15) is 14.9 Å². The van der Waals surface area contributed by atoms with Crippen molar-refractivity contribution in [1.82, 2.24) is 5.32 Å². The molecule has 27 heavy (non-hydrogen) atoms. The van der Waals surface area contributed by atoms with Gasteiger partial charge in [0.2, 0.25) is 5.91 Å². The number of para-hydroxylation sites is 1. The van der Waals surface area contributed by atoms with Gasteiger partial charge >= 0.3 is 0 Å². The first-order valence-corrected chi connectivity index (χ1v) is 8.94. The van der Waals surface area contributed by atoms with Crippen molar-refractivity contribution in [3.05, 3.63) is 82.6 Å². The molecule has 0 radical (unpaired) electrons. The minimum Gasteiger partial charge on any atom is -0.459 e. The van der Waals surface area contributed by atoms with Crippen molar-refractivity contribution in [2.45, 2.75) is 5.25 Å². The first-order chi connectivity index (χ1) is 13.1. The lowest BCUT2D eigenvalue weighted by Crippen LogP contribution is -2.21. The van der Waals surface area contributed by atoms with Gasteiger partial charge in [0.05, 0.1) is 10.6 Å². The molecule has 2 aromatic carbocycles. The van der Waals surface area contributed by atoms with Crippen LogP contribution < -0.4 is 5.32 Å². The highest BCUT2D eigenvalue weighted by molar-refractivity contribution is 8.15. The lowest BCUT2D eigenvalue weighted by molar-refractivity contribution is -0.384. The summed E-state index contributed by atoms with van der Waals surface area (Å²) in [6.07, 6.45) is 0. The Bertz CT molecular complexity index is 1050. The van der Waals surface area contributed by atoms with Gasteiger partial charge in [-0.25, -0.2) is 4.99 Å². The number of amidine groups is 1. The zero-order chi connectivity index (χ0) is 18.8. The topological polar surface area (TPSA) is 97.7 Å². The number of aliphatic imine (C=N–C) groups is 1. The number of hydrogen-bond donors (Lipinski definition) is 1. The quantitative estimate of drug-likeness (QED) is 0.533. The fourth-order valence-electron chi connectivity index (χ4n) is 2.65. The molecule has 1 amide bonds. The van der Waals surface area contributed by atoms with E-state index >= 15 is 0 Å². The van der Waals surface area contributed by atoms with Gasteiger partial charge in [-0.3, -0.25) is 14.9 Å². The van der Waals surface area contributed by atoms with Crippen molar-refractivity contribution in [3.8, 4) is 11.3 Å². The summed E-state index contributed by atoms with van der Waals surface area (Å²) >= 11 is 1.27. The number of nitrogens with zero attached hydrogens (tertiary/aromatic N) is 2. The third-order valence-electron chi connectivity index (χ3n) is 3.91. The molecule has 0 unspecified atom stereocenters. The van der Waals surface area contributed by atoms with Gasteiger partial charge in [-0.1, -0.05) is 42.1 Å². The predicted molar refractivity (Wildman–Crippen MR) is 103 cm³/mol. The Labute approximate surface area is 158 Å². The molecule has 1 atom stereocenters. The minimum atomic E-state index is -0.556. The number of amides is 1. The summed E-state index contributed by atoms with van der Waals surface area (Å²) in [6.45, 7) is 0. The van der Waals surface area contributed by atoms with Crippen molar-refractivity contribution >= 4 is 34.2 Å². The van der Waals surface area contributed by atoms with E-state index < -0.39 is 10.2 Å². The Hall–Kier alpha value is -3.39. The molecule has 1 fully saturated rings. The van der Waals surface area contributed by atoms with Crippen LogP contribution in [-0.4, -0.2) is 16.0 Å². The van der Waals surface area contributed by atoms with Crippen LogP contribution in [0.5, 0.6) is 0 Å². The molecule has 1 saturated heterocycles. The molecule has 3 aromatic rings. The van der Waals surface area contributed by atoms with E-state index in [-0.39, 0.29) is 11.6 Å². The molecule has 0 spiro atoms. The number of carbonyl (C=O) groups is 1. The number of nitrogens with one attached hydrogen (secondary N) is 1. The summed E-state index contributed by atoms with van der Waals surface area (Å²) < 4.78 is 5.80. The maximum Gasteiger partial charge on any atom is 0.270 e. The number of benzene rings is 2. The Kier molecular flexibility index (Phi) is 4.47. The Morgan fingerprint density at radius 1 is 1.07 bits per heavy atom. The maximum absolute atomic E-state index is 12.3. The van der Waals surface area contributed by atoms with E-state index in [1.54, 1.807) is 24.3 Å². The second kappa shape index (κ2) is 7.08. The number of hydrogen-bond acceptors (Lipinski definition) is 6. The van der Waals surface area contributed by atoms with Crippen LogP contribution in [0.2, 0.25) is 0 Å². The van der Waals surface area contributed by atoms with E-state index in [4.69, 9.17) is 4.42 Å². The summed E-state index contributed by atoms with van der Waals surface area (Å²) in [5.41, 5.74) is 1.31. The van der Waals surface area contributed by atoms with E-state index in [0.717, 1.165) is 5.69 Å². The van der Waals surface area contributed by atoms with Crippen molar-refractivity contribution in [2.75, 3.05) is 0 Å². The smallest absolute Gasteiger partial charge is 0.270 e. The molecule has 8 heteroatoms.